The molecule has 0 N–H and O–H groups in total. The van der Waals surface area contributed by atoms with Gasteiger partial charge in [0.05, 0.1) is 0 Å². The third-order valence-corrected chi connectivity index (χ3v) is 22.8. The van der Waals surface area contributed by atoms with E-state index >= 15 is 0 Å². The molecule has 0 aliphatic rings. The third kappa shape index (κ3) is 5.31. The van der Waals surface area contributed by atoms with Gasteiger partial charge in [0.15, 0.2) is 0 Å². The Balaban J connectivity index is 4.97. The molecule has 0 saturated heterocycles. The first-order chi connectivity index (χ1) is 8.49. The molecular formula is C15H37OPSi. The quantitative estimate of drug-likeness (QED) is 0.362. The van der Waals surface area contributed by atoms with Crippen LogP contribution in [0.3, 0.4) is 0 Å². The van der Waals surface area contributed by atoms with Crippen molar-refractivity contribution < 1.29 is 4.43 Å². The molecule has 0 radical (unpaired) electrons. The summed E-state index contributed by atoms with van der Waals surface area (Å²) in [4.78, 5) is 0. The van der Waals surface area contributed by atoms with E-state index in [1.54, 1.807) is 0 Å². The molecule has 1 nitrogen and oxygen atoms in total. The van der Waals surface area contributed by atoms with Crippen molar-refractivity contribution in [2.24, 2.45) is 0 Å². The summed E-state index contributed by atoms with van der Waals surface area (Å²) in [6, 6.07) is 0. The summed E-state index contributed by atoms with van der Waals surface area (Å²) in [5.41, 5.74) is 0. The standard InChI is InChI=1S/C15H37OPSi/c1-7-10-13-17(14-11-8-2,15-12-9-3)18(5,6)16-4/h17H,7-15H2,1-6H3. The SMILES string of the molecule is CCCC[PH](CCCC)(CCCC)[Si](C)(C)OC. The Hall–Kier alpha value is 0.607. The zero-order chi connectivity index (χ0) is 14.1. The molecule has 0 spiro atoms. The molecule has 0 atom stereocenters. The van der Waals surface area contributed by atoms with Gasteiger partial charge in [0.25, 0.3) is 0 Å². The van der Waals surface area contributed by atoms with E-state index in [2.05, 4.69) is 33.9 Å². The first kappa shape index (κ1) is 18.6. The molecule has 112 valence electrons. The van der Waals surface area contributed by atoms with Gasteiger partial charge >= 0.3 is 117 Å². The molecule has 0 aliphatic heterocycles. The van der Waals surface area contributed by atoms with E-state index in [4.69, 9.17) is 4.43 Å². The number of unbranched alkanes of at least 4 members (excludes halogenated alkanes) is 3. The second kappa shape index (κ2) is 9.50. The minimum absolute atomic E-state index is 1.17. The van der Waals surface area contributed by atoms with Crippen molar-refractivity contribution >= 4 is 14.8 Å². The van der Waals surface area contributed by atoms with Crippen LogP contribution in [0.4, 0.5) is 0 Å². The van der Waals surface area contributed by atoms with Crippen LogP contribution >= 0.6 is 6.81 Å². The molecule has 18 heavy (non-hydrogen) atoms. The van der Waals surface area contributed by atoms with Crippen molar-refractivity contribution in [3.05, 3.63) is 0 Å². The van der Waals surface area contributed by atoms with E-state index in [9.17, 15) is 0 Å². The molecule has 0 amide bonds. The number of rotatable bonds is 11. The molecule has 0 aromatic carbocycles. The summed E-state index contributed by atoms with van der Waals surface area (Å²) in [5, 5.41) is 0. The molecule has 0 unspecified atom stereocenters. The molecule has 0 fully saturated rings. The van der Waals surface area contributed by atoms with Crippen LogP contribution in [0.25, 0.3) is 0 Å². The van der Waals surface area contributed by atoms with Crippen LogP contribution in [-0.4, -0.2) is 33.6 Å². The second-order valence-corrected chi connectivity index (χ2v) is 20.6. The van der Waals surface area contributed by atoms with Gasteiger partial charge in [0.1, 0.15) is 0 Å². The first-order valence-electron chi connectivity index (χ1n) is 8.04. The van der Waals surface area contributed by atoms with Crippen LogP contribution in [0.5, 0.6) is 0 Å². The molecule has 0 aliphatic carbocycles. The van der Waals surface area contributed by atoms with Crippen LogP contribution in [-0.2, 0) is 4.43 Å². The van der Waals surface area contributed by atoms with Crippen molar-refractivity contribution in [1.29, 1.82) is 0 Å². The molecule has 0 aromatic rings. The van der Waals surface area contributed by atoms with E-state index in [1.807, 2.05) is 7.11 Å². The van der Waals surface area contributed by atoms with Crippen molar-refractivity contribution in [3.8, 4) is 0 Å². The Bertz CT molecular complexity index is 185. The zero-order valence-electron chi connectivity index (χ0n) is 13.8. The third-order valence-electron chi connectivity index (χ3n) is 4.81. The van der Waals surface area contributed by atoms with Crippen molar-refractivity contribution in [2.45, 2.75) is 72.4 Å². The average Bonchev–Trinajstić information content (AvgIpc) is 2.38. The van der Waals surface area contributed by atoms with Crippen LogP contribution in [0.1, 0.15) is 59.3 Å². The van der Waals surface area contributed by atoms with Gasteiger partial charge in [-0.3, -0.25) is 0 Å². The summed E-state index contributed by atoms with van der Waals surface area (Å²) in [6.45, 7) is 10.8. The summed E-state index contributed by atoms with van der Waals surface area (Å²) in [5.74, 6) is 0. The van der Waals surface area contributed by atoms with Crippen LogP contribution in [0, 0.1) is 0 Å². The van der Waals surface area contributed by atoms with Crippen LogP contribution in [0.2, 0.25) is 13.1 Å². The van der Waals surface area contributed by atoms with Gasteiger partial charge in [-0.25, -0.2) is 0 Å². The van der Waals surface area contributed by atoms with Crippen molar-refractivity contribution in [2.75, 3.05) is 25.6 Å². The van der Waals surface area contributed by atoms with E-state index in [0.717, 1.165) is 0 Å². The fourth-order valence-corrected chi connectivity index (χ4v) is 17.4. The van der Waals surface area contributed by atoms with E-state index in [0.29, 0.717) is 0 Å². The topological polar surface area (TPSA) is 9.23 Å². The Morgan fingerprint density at radius 3 is 1.33 bits per heavy atom. The Morgan fingerprint density at radius 1 is 0.778 bits per heavy atom. The monoisotopic (exact) mass is 292 g/mol. The zero-order valence-corrected chi connectivity index (χ0v) is 15.8. The van der Waals surface area contributed by atoms with E-state index < -0.39 is 14.8 Å². The molecule has 0 heterocycles. The predicted molar refractivity (Wildman–Crippen MR) is 92.1 cm³/mol. The number of hydrogen-bond donors (Lipinski definition) is 0. The van der Waals surface area contributed by atoms with Gasteiger partial charge in [-0.1, -0.05) is 0 Å². The van der Waals surface area contributed by atoms with Gasteiger partial charge in [-0.2, -0.15) is 0 Å². The van der Waals surface area contributed by atoms with Gasteiger partial charge in [0.2, 0.25) is 0 Å². The fraction of sp³-hybridized carbons (Fsp3) is 1.00. The number of hydrogen-bond acceptors (Lipinski definition) is 1. The Kier molecular flexibility index (Phi) is 9.82. The fourth-order valence-electron chi connectivity index (χ4n) is 3.04. The van der Waals surface area contributed by atoms with Crippen LogP contribution < -0.4 is 0 Å². The van der Waals surface area contributed by atoms with Gasteiger partial charge in [-0.15, -0.1) is 0 Å². The summed E-state index contributed by atoms with van der Waals surface area (Å²) < 4.78 is 6.09. The summed E-state index contributed by atoms with van der Waals surface area (Å²) in [6.07, 6.45) is 12.9. The van der Waals surface area contributed by atoms with E-state index in [1.165, 1.54) is 57.0 Å². The summed E-state index contributed by atoms with van der Waals surface area (Å²) in [7, 11) is 0.554. The molecular weight excluding hydrogens is 255 g/mol. The van der Waals surface area contributed by atoms with Crippen molar-refractivity contribution in [1.82, 2.24) is 0 Å². The molecule has 0 aromatic heterocycles. The average molecular weight is 293 g/mol. The molecule has 0 saturated carbocycles. The minimum atomic E-state index is -1.43. The van der Waals surface area contributed by atoms with Gasteiger partial charge < -0.3 is 0 Å². The van der Waals surface area contributed by atoms with Gasteiger partial charge in [0, 0.05) is 0 Å². The summed E-state index contributed by atoms with van der Waals surface area (Å²) >= 11 is 0. The molecule has 0 rings (SSSR count). The normalized spacial score (nSPS) is 13.9. The van der Waals surface area contributed by atoms with Crippen molar-refractivity contribution in [3.63, 3.8) is 0 Å². The second-order valence-electron chi connectivity index (χ2n) is 6.31. The Labute approximate surface area is 117 Å². The van der Waals surface area contributed by atoms with Gasteiger partial charge in [-0.05, 0) is 0 Å². The maximum absolute atomic E-state index is 6.09. The maximum atomic E-state index is 6.09. The molecule has 3 heteroatoms. The predicted octanol–water partition coefficient (Wildman–Crippen LogP) is 5.48. The molecule has 0 bridgehead atoms. The van der Waals surface area contributed by atoms with Crippen LogP contribution in [0.15, 0.2) is 0 Å². The Morgan fingerprint density at radius 2 is 1.11 bits per heavy atom. The van der Waals surface area contributed by atoms with E-state index in [-0.39, 0.29) is 0 Å². The first-order valence-corrected chi connectivity index (χ1v) is 14.6.